The number of rotatable bonds is 2. The van der Waals surface area contributed by atoms with E-state index in [0.29, 0.717) is 11.5 Å². The monoisotopic (exact) mass is 229 g/mol. The van der Waals surface area contributed by atoms with Crippen LogP contribution in [0.5, 0.6) is 5.75 Å². The summed E-state index contributed by atoms with van der Waals surface area (Å²) in [6, 6.07) is 6.60. The summed E-state index contributed by atoms with van der Waals surface area (Å²) in [5.74, 6) is 0.585. The van der Waals surface area contributed by atoms with Crippen LogP contribution in [0.15, 0.2) is 30.5 Å². The molecule has 2 heterocycles. The molecule has 2 aromatic heterocycles. The lowest BCUT2D eigenvalue weighted by Crippen LogP contribution is -1.93. The van der Waals surface area contributed by atoms with E-state index in [1.807, 2.05) is 0 Å². The SMILES string of the molecule is Oc1ccc(-n2cc(-c3nn[nH]n3)nn2)cc1. The third-order valence-electron chi connectivity index (χ3n) is 2.18. The lowest BCUT2D eigenvalue weighted by Gasteiger charge is -1.98. The highest BCUT2D eigenvalue weighted by Crippen LogP contribution is 2.15. The predicted octanol–water partition coefficient (Wildman–Crippen LogP) is 0.153. The average molecular weight is 229 g/mol. The minimum atomic E-state index is 0.201. The molecule has 8 nitrogen and oxygen atoms in total. The van der Waals surface area contributed by atoms with Crippen molar-refractivity contribution in [3.63, 3.8) is 0 Å². The van der Waals surface area contributed by atoms with E-state index in [-0.39, 0.29) is 5.75 Å². The topological polar surface area (TPSA) is 105 Å². The van der Waals surface area contributed by atoms with Crippen LogP contribution in [0.4, 0.5) is 0 Å². The lowest BCUT2D eigenvalue weighted by atomic mass is 10.3. The Hall–Kier alpha value is -2.77. The number of nitrogens with one attached hydrogen (secondary N) is 1. The zero-order valence-corrected chi connectivity index (χ0v) is 8.52. The third kappa shape index (κ3) is 1.71. The molecule has 1 aromatic carbocycles. The van der Waals surface area contributed by atoms with Gasteiger partial charge in [-0.05, 0) is 29.5 Å². The first-order valence-corrected chi connectivity index (χ1v) is 4.78. The molecule has 0 saturated carbocycles. The van der Waals surface area contributed by atoms with Crippen molar-refractivity contribution in [1.82, 2.24) is 35.6 Å². The van der Waals surface area contributed by atoms with E-state index in [1.165, 1.54) is 0 Å². The van der Waals surface area contributed by atoms with Gasteiger partial charge in [0.05, 0.1) is 11.9 Å². The van der Waals surface area contributed by atoms with Crippen molar-refractivity contribution in [2.75, 3.05) is 0 Å². The minimum Gasteiger partial charge on any atom is -0.508 e. The van der Waals surface area contributed by atoms with Crippen LogP contribution in [0.3, 0.4) is 0 Å². The molecule has 0 fully saturated rings. The Balaban J connectivity index is 1.98. The quantitative estimate of drug-likeness (QED) is 0.648. The molecule has 0 aliphatic heterocycles. The van der Waals surface area contributed by atoms with Gasteiger partial charge >= 0.3 is 0 Å². The fourth-order valence-corrected chi connectivity index (χ4v) is 1.37. The number of tetrazole rings is 1. The zero-order chi connectivity index (χ0) is 11.7. The molecule has 84 valence electrons. The van der Waals surface area contributed by atoms with Crippen LogP contribution in [0.25, 0.3) is 17.2 Å². The molecule has 8 heteroatoms. The molecule has 17 heavy (non-hydrogen) atoms. The van der Waals surface area contributed by atoms with Gasteiger partial charge in [0.25, 0.3) is 0 Å². The van der Waals surface area contributed by atoms with Crippen LogP contribution in [-0.4, -0.2) is 40.7 Å². The van der Waals surface area contributed by atoms with Gasteiger partial charge in [0.2, 0.25) is 5.82 Å². The second-order valence-electron chi connectivity index (χ2n) is 3.30. The van der Waals surface area contributed by atoms with E-state index < -0.39 is 0 Å². The molecule has 0 saturated heterocycles. The van der Waals surface area contributed by atoms with E-state index in [2.05, 4.69) is 30.9 Å². The maximum atomic E-state index is 9.18. The number of phenolic OH excluding ortho intramolecular Hbond substituents is 1. The number of H-pyrrole nitrogens is 1. The van der Waals surface area contributed by atoms with Crippen LogP contribution in [-0.2, 0) is 0 Å². The molecule has 2 N–H and O–H groups in total. The van der Waals surface area contributed by atoms with Crippen molar-refractivity contribution in [1.29, 1.82) is 0 Å². The predicted molar refractivity (Wildman–Crippen MR) is 56.2 cm³/mol. The Kier molecular flexibility index (Phi) is 2.04. The Bertz CT molecular complexity index is 613. The number of nitrogens with zero attached hydrogens (tertiary/aromatic N) is 6. The van der Waals surface area contributed by atoms with Gasteiger partial charge in [-0.25, -0.2) is 4.68 Å². The van der Waals surface area contributed by atoms with Crippen molar-refractivity contribution in [3.05, 3.63) is 30.5 Å². The highest BCUT2D eigenvalue weighted by Gasteiger charge is 2.08. The molecule has 0 radical (unpaired) electrons. The summed E-state index contributed by atoms with van der Waals surface area (Å²) in [5, 5.41) is 30.4. The van der Waals surface area contributed by atoms with Crippen molar-refractivity contribution < 1.29 is 5.11 Å². The number of hydrogen-bond acceptors (Lipinski definition) is 6. The lowest BCUT2D eigenvalue weighted by molar-refractivity contribution is 0.475. The van der Waals surface area contributed by atoms with Crippen molar-refractivity contribution in [2.45, 2.75) is 0 Å². The molecule has 3 aromatic rings. The summed E-state index contributed by atoms with van der Waals surface area (Å²) in [7, 11) is 0. The zero-order valence-electron chi connectivity index (χ0n) is 8.52. The number of phenols is 1. The molecule has 0 amide bonds. The highest BCUT2D eigenvalue weighted by molar-refractivity contribution is 5.46. The summed E-state index contributed by atoms with van der Waals surface area (Å²) >= 11 is 0. The van der Waals surface area contributed by atoms with Gasteiger partial charge in [0, 0.05) is 0 Å². The van der Waals surface area contributed by atoms with Crippen LogP contribution in [0.1, 0.15) is 0 Å². The van der Waals surface area contributed by atoms with Crippen molar-refractivity contribution in [2.24, 2.45) is 0 Å². The molecule has 3 rings (SSSR count). The molecule has 0 aliphatic carbocycles. The molecule has 0 spiro atoms. The molecular formula is C9H7N7O. The maximum absolute atomic E-state index is 9.18. The summed E-state index contributed by atoms with van der Waals surface area (Å²) in [6.45, 7) is 0. The highest BCUT2D eigenvalue weighted by atomic mass is 16.3. The first-order chi connectivity index (χ1) is 8.33. The van der Waals surface area contributed by atoms with Crippen molar-refractivity contribution in [3.8, 4) is 23.0 Å². The Morgan fingerprint density at radius 1 is 1.12 bits per heavy atom. The summed E-state index contributed by atoms with van der Waals surface area (Å²) in [6.07, 6.45) is 1.68. The maximum Gasteiger partial charge on any atom is 0.226 e. The van der Waals surface area contributed by atoms with E-state index in [4.69, 9.17) is 0 Å². The summed E-state index contributed by atoms with van der Waals surface area (Å²) in [4.78, 5) is 0. The first-order valence-electron chi connectivity index (χ1n) is 4.78. The first kappa shape index (κ1) is 9.46. The van der Waals surface area contributed by atoms with E-state index in [9.17, 15) is 5.11 Å². The van der Waals surface area contributed by atoms with Crippen molar-refractivity contribution >= 4 is 0 Å². The number of hydrogen-bond donors (Lipinski definition) is 2. The molecule has 0 aliphatic rings. The number of aromatic nitrogens is 7. The summed E-state index contributed by atoms with van der Waals surface area (Å²) in [5.41, 5.74) is 1.30. The molecule has 0 bridgehead atoms. The number of benzene rings is 1. The van der Waals surface area contributed by atoms with Crippen LogP contribution < -0.4 is 0 Å². The fourth-order valence-electron chi connectivity index (χ4n) is 1.37. The second-order valence-corrected chi connectivity index (χ2v) is 3.30. The number of aromatic amines is 1. The molecule has 0 unspecified atom stereocenters. The largest absolute Gasteiger partial charge is 0.508 e. The van der Waals surface area contributed by atoms with Gasteiger partial charge in [-0.2, -0.15) is 5.21 Å². The van der Waals surface area contributed by atoms with Gasteiger partial charge < -0.3 is 5.11 Å². The van der Waals surface area contributed by atoms with Gasteiger partial charge in [-0.1, -0.05) is 5.21 Å². The van der Waals surface area contributed by atoms with E-state index in [0.717, 1.165) is 5.69 Å². The smallest absolute Gasteiger partial charge is 0.226 e. The van der Waals surface area contributed by atoms with Gasteiger partial charge in [0.1, 0.15) is 5.75 Å². The standard InChI is InChI=1S/C9H7N7O/c17-7-3-1-6(2-4-7)16-5-8(10-15-16)9-11-13-14-12-9/h1-5,17H,(H,11,12,13,14). The Labute approximate surface area is 94.9 Å². The van der Waals surface area contributed by atoms with E-state index in [1.54, 1.807) is 35.1 Å². The Morgan fingerprint density at radius 2 is 1.94 bits per heavy atom. The van der Waals surface area contributed by atoms with Gasteiger partial charge in [-0.3, -0.25) is 0 Å². The van der Waals surface area contributed by atoms with Crippen LogP contribution in [0.2, 0.25) is 0 Å². The van der Waals surface area contributed by atoms with Gasteiger partial charge in [0.15, 0.2) is 5.69 Å². The van der Waals surface area contributed by atoms with Crippen LogP contribution in [0, 0.1) is 0 Å². The number of aromatic hydroxyl groups is 1. The van der Waals surface area contributed by atoms with Gasteiger partial charge in [-0.15, -0.1) is 15.3 Å². The molecular weight excluding hydrogens is 222 g/mol. The van der Waals surface area contributed by atoms with E-state index >= 15 is 0 Å². The third-order valence-corrected chi connectivity index (χ3v) is 2.18. The minimum absolute atomic E-state index is 0.201. The fraction of sp³-hybridized carbons (Fsp3) is 0. The normalized spacial score (nSPS) is 10.6. The average Bonchev–Trinajstić information content (AvgIpc) is 3.00. The Morgan fingerprint density at radius 3 is 2.65 bits per heavy atom. The second kappa shape index (κ2) is 3.67. The summed E-state index contributed by atoms with van der Waals surface area (Å²) < 4.78 is 1.56. The van der Waals surface area contributed by atoms with Crippen LogP contribution >= 0.6 is 0 Å². The molecule has 0 atom stereocenters.